The van der Waals surface area contributed by atoms with Crippen LogP contribution < -0.4 is 0 Å². The number of aliphatic imine (C=N–C) groups is 1. The van der Waals surface area contributed by atoms with Gasteiger partial charge in [-0.1, -0.05) is 18.2 Å². The third kappa shape index (κ3) is 1.92. The van der Waals surface area contributed by atoms with Crippen molar-refractivity contribution in [3.8, 4) is 0 Å². The molecule has 96 valence electrons. The second kappa shape index (κ2) is 4.08. The Balaban J connectivity index is 1.82. The molecule has 1 aliphatic heterocycles. The highest BCUT2D eigenvalue weighted by Crippen LogP contribution is 2.42. The fraction of sp³-hybridized carbons (Fsp3) is 0.533. The lowest BCUT2D eigenvalue weighted by Crippen LogP contribution is -2.36. The summed E-state index contributed by atoms with van der Waals surface area (Å²) in [5.74, 6) is 0.631. The molecule has 3 atom stereocenters. The fourth-order valence-corrected chi connectivity index (χ4v) is 3.01. The molecule has 0 amide bonds. The minimum absolute atomic E-state index is 0.0486. The second-order valence-corrected chi connectivity index (χ2v) is 5.70. The summed E-state index contributed by atoms with van der Waals surface area (Å²) in [7, 11) is 0. The zero-order valence-corrected chi connectivity index (χ0v) is 10.8. The SMILES string of the molecule is CC(C)(F)[C@H]1CC[C@@H]2N=C(c3ccccc3)O[C@@H]21. The number of alkyl halides is 1. The average Bonchev–Trinajstić information content (AvgIpc) is 2.87. The van der Waals surface area contributed by atoms with E-state index in [1.54, 1.807) is 13.8 Å². The van der Waals surface area contributed by atoms with Gasteiger partial charge in [0.1, 0.15) is 11.8 Å². The number of benzene rings is 1. The van der Waals surface area contributed by atoms with Crippen molar-refractivity contribution in [3.63, 3.8) is 0 Å². The van der Waals surface area contributed by atoms with Crippen LogP contribution in [0, 0.1) is 5.92 Å². The lowest BCUT2D eigenvalue weighted by atomic mass is 9.89. The summed E-state index contributed by atoms with van der Waals surface area (Å²) >= 11 is 0. The third-order valence-corrected chi connectivity index (χ3v) is 3.98. The Morgan fingerprint density at radius 1 is 1.22 bits per heavy atom. The summed E-state index contributed by atoms with van der Waals surface area (Å²) in [6.07, 6.45) is 1.71. The molecule has 1 heterocycles. The van der Waals surface area contributed by atoms with Crippen LogP contribution in [0.25, 0.3) is 0 Å². The van der Waals surface area contributed by atoms with Crippen molar-refractivity contribution in [3.05, 3.63) is 35.9 Å². The molecule has 0 N–H and O–H groups in total. The molecular formula is C15H18FNO. The molecule has 18 heavy (non-hydrogen) atoms. The maximum atomic E-state index is 14.1. The Labute approximate surface area is 107 Å². The first-order chi connectivity index (χ1) is 8.55. The van der Waals surface area contributed by atoms with Gasteiger partial charge < -0.3 is 4.74 Å². The number of nitrogens with zero attached hydrogens (tertiary/aromatic N) is 1. The van der Waals surface area contributed by atoms with E-state index in [0.29, 0.717) is 5.90 Å². The van der Waals surface area contributed by atoms with Gasteiger partial charge in [-0.3, -0.25) is 0 Å². The Bertz CT molecular complexity index is 463. The standard InChI is InChI=1S/C15H18FNO/c1-15(2,16)11-8-9-12-13(11)18-14(17-12)10-6-4-3-5-7-10/h3-7,11-13H,8-9H2,1-2H3/t11-,12-,13+/m0/s1. The van der Waals surface area contributed by atoms with E-state index in [0.717, 1.165) is 18.4 Å². The summed E-state index contributed by atoms with van der Waals surface area (Å²) in [5, 5.41) is 0. The molecule has 2 aliphatic rings. The van der Waals surface area contributed by atoms with Gasteiger partial charge in [0.25, 0.3) is 0 Å². The van der Waals surface area contributed by atoms with Gasteiger partial charge in [0.15, 0.2) is 0 Å². The first-order valence-corrected chi connectivity index (χ1v) is 6.54. The predicted octanol–water partition coefficient (Wildman–Crippen LogP) is 3.36. The van der Waals surface area contributed by atoms with Crippen LogP contribution in [-0.2, 0) is 4.74 Å². The fourth-order valence-electron chi connectivity index (χ4n) is 3.01. The number of ether oxygens (including phenoxy) is 1. The van der Waals surface area contributed by atoms with Crippen molar-refractivity contribution in [1.82, 2.24) is 0 Å². The van der Waals surface area contributed by atoms with Gasteiger partial charge in [0, 0.05) is 11.5 Å². The molecule has 1 saturated carbocycles. The molecule has 0 aromatic heterocycles. The quantitative estimate of drug-likeness (QED) is 0.785. The van der Waals surface area contributed by atoms with Crippen molar-refractivity contribution in [2.75, 3.05) is 0 Å². The van der Waals surface area contributed by atoms with Gasteiger partial charge in [0.2, 0.25) is 5.90 Å². The maximum Gasteiger partial charge on any atom is 0.216 e. The highest BCUT2D eigenvalue weighted by molar-refractivity contribution is 5.95. The monoisotopic (exact) mass is 247 g/mol. The summed E-state index contributed by atoms with van der Waals surface area (Å²) < 4.78 is 20.1. The number of fused-ring (bicyclic) bond motifs is 1. The Morgan fingerprint density at radius 2 is 1.94 bits per heavy atom. The van der Waals surface area contributed by atoms with E-state index < -0.39 is 5.67 Å². The van der Waals surface area contributed by atoms with Crippen LogP contribution in [-0.4, -0.2) is 23.7 Å². The van der Waals surface area contributed by atoms with E-state index in [1.807, 2.05) is 30.3 Å². The van der Waals surface area contributed by atoms with Crippen LogP contribution in [0.4, 0.5) is 4.39 Å². The lowest BCUT2D eigenvalue weighted by Gasteiger charge is -2.27. The number of hydrogen-bond donors (Lipinski definition) is 0. The lowest BCUT2D eigenvalue weighted by molar-refractivity contribution is 0.0436. The number of halogens is 1. The van der Waals surface area contributed by atoms with E-state index >= 15 is 0 Å². The Kier molecular flexibility index (Phi) is 2.65. The average molecular weight is 247 g/mol. The number of rotatable bonds is 2. The minimum Gasteiger partial charge on any atom is -0.471 e. The van der Waals surface area contributed by atoms with Crippen molar-refractivity contribution >= 4 is 5.90 Å². The van der Waals surface area contributed by atoms with Crippen LogP contribution in [0.15, 0.2) is 35.3 Å². The molecule has 1 aliphatic carbocycles. The van der Waals surface area contributed by atoms with Gasteiger partial charge in [-0.15, -0.1) is 0 Å². The summed E-state index contributed by atoms with van der Waals surface area (Å²) in [6, 6.07) is 10.00. The van der Waals surface area contributed by atoms with Gasteiger partial charge in [0.05, 0.1) is 6.04 Å². The molecule has 0 bridgehead atoms. The maximum absolute atomic E-state index is 14.1. The summed E-state index contributed by atoms with van der Waals surface area (Å²) in [5.41, 5.74) is -0.205. The van der Waals surface area contributed by atoms with E-state index in [1.165, 1.54) is 0 Å². The zero-order valence-electron chi connectivity index (χ0n) is 10.8. The smallest absolute Gasteiger partial charge is 0.216 e. The predicted molar refractivity (Wildman–Crippen MR) is 69.6 cm³/mol. The highest BCUT2D eigenvalue weighted by Gasteiger charge is 2.49. The summed E-state index contributed by atoms with van der Waals surface area (Å²) in [6.45, 7) is 3.29. The Hall–Kier alpha value is -1.38. The highest BCUT2D eigenvalue weighted by atomic mass is 19.1. The third-order valence-electron chi connectivity index (χ3n) is 3.98. The molecular weight excluding hydrogens is 229 g/mol. The van der Waals surface area contributed by atoms with Crippen LogP contribution in [0.2, 0.25) is 0 Å². The van der Waals surface area contributed by atoms with Crippen molar-refractivity contribution in [2.45, 2.75) is 44.5 Å². The molecule has 1 fully saturated rings. The van der Waals surface area contributed by atoms with Gasteiger partial charge in [-0.05, 0) is 38.8 Å². The minimum atomic E-state index is -1.19. The Morgan fingerprint density at radius 3 is 2.61 bits per heavy atom. The number of hydrogen-bond acceptors (Lipinski definition) is 2. The van der Waals surface area contributed by atoms with Gasteiger partial charge >= 0.3 is 0 Å². The summed E-state index contributed by atoms with van der Waals surface area (Å²) in [4.78, 5) is 4.61. The molecule has 0 spiro atoms. The normalized spacial score (nSPS) is 30.8. The molecule has 2 nitrogen and oxygen atoms in total. The first-order valence-electron chi connectivity index (χ1n) is 6.54. The van der Waals surface area contributed by atoms with Crippen LogP contribution in [0.1, 0.15) is 32.3 Å². The van der Waals surface area contributed by atoms with E-state index in [2.05, 4.69) is 4.99 Å². The van der Waals surface area contributed by atoms with Gasteiger partial charge in [-0.25, -0.2) is 9.38 Å². The largest absolute Gasteiger partial charge is 0.471 e. The molecule has 3 rings (SSSR count). The second-order valence-electron chi connectivity index (χ2n) is 5.70. The molecule has 1 aromatic carbocycles. The van der Waals surface area contributed by atoms with Crippen LogP contribution >= 0.6 is 0 Å². The molecule has 0 saturated heterocycles. The zero-order chi connectivity index (χ0) is 12.8. The molecule has 1 aromatic rings. The van der Waals surface area contributed by atoms with Crippen LogP contribution in [0.5, 0.6) is 0 Å². The first kappa shape index (κ1) is 11.7. The van der Waals surface area contributed by atoms with Gasteiger partial charge in [-0.2, -0.15) is 0 Å². The van der Waals surface area contributed by atoms with E-state index in [9.17, 15) is 4.39 Å². The van der Waals surface area contributed by atoms with Crippen molar-refractivity contribution in [2.24, 2.45) is 10.9 Å². The van der Waals surface area contributed by atoms with Crippen LogP contribution in [0.3, 0.4) is 0 Å². The van der Waals surface area contributed by atoms with E-state index in [-0.39, 0.29) is 18.1 Å². The van der Waals surface area contributed by atoms with E-state index in [4.69, 9.17) is 4.74 Å². The molecule has 0 radical (unpaired) electrons. The van der Waals surface area contributed by atoms with Crippen molar-refractivity contribution < 1.29 is 9.13 Å². The molecule has 0 unspecified atom stereocenters. The topological polar surface area (TPSA) is 21.6 Å². The van der Waals surface area contributed by atoms with Crippen molar-refractivity contribution in [1.29, 1.82) is 0 Å². The molecule has 3 heteroatoms.